The van der Waals surface area contributed by atoms with E-state index >= 15 is 0 Å². The summed E-state index contributed by atoms with van der Waals surface area (Å²) in [6.45, 7) is 2.55. The van der Waals surface area contributed by atoms with E-state index in [2.05, 4.69) is 191 Å². The van der Waals surface area contributed by atoms with Gasteiger partial charge in [0.1, 0.15) is 25.4 Å². The van der Waals surface area contributed by atoms with Gasteiger partial charge in [0.05, 0.1) is 26.4 Å². The lowest BCUT2D eigenvalue weighted by molar-refractivity contribution is -0.161. The van der Waals surface area contributed by atoms with Gasteiger partial charge in [-0.2, -0.15) is 0 Å². The summed E-state index contributed by atoms with van der Waals surface area (Å²) in [6.07, 6.45) is 122. The molecule has 5 atom stereocenters. The highest BCUT2D eigenvalue weighted by Crippen LogP contribution is 2.45. The molecule has 0 spiro atoms. The first-order chi connectivity index (χ1) is 59.2. The SMILES string of the molecule is CC/C=C\C/C=C\C/C=C\C/C=C\C/C=C\C/C=C\CCCCCCCCCCC(=O)OC(COC(=O)CCCCCCCCCCCCCCC/C=C\C/C=C\C/C=C\C/C=C\CCCCC)COP(=O)(O)OCC(O)COP(=O)(O)OCC(O)COC(=O)CCCCCCCCCCCCCCC/C=C\C/C=C\C/C=C\C/C=C\CCCCC. The summed E-state index contributed by atoms with van der Waals surface area (Å²) >= 11 is 0. The van der Waals surface area contributed by atoms with E-state index in [1.165, 1.54) is 167 Å². The van der Waals surface area contributed by atoms with Crippen LogP contribution in [-0.4, -0.2) is 95.9 Å². The molecule has 121 heavy (non-hydrogen) atoms. The van der Waals surface area contributed by atoms with Gasteiger partial charge in [0.25, 0.3) is 0 Å². The standard InChI is InChI=1S/C103H176O16P2/c1-4-7-10-13-16-19-22-25-28-31-34-37-40-43-46-48-51-53-56-59-62-65-68-71-74-77-80-83-86-89-101(106)113-92-98(104)93-115-120(109,110)116-94-99(105)95-117-121(111,112)118-97-100(119-103(108)91-88-85-82-79-76-73-70-67-64-61-58-55-50-45-42-39-36-33-30-27-24-21-18-15-12-9-6-3)96-114-102(107)90-87-84-81-78-75-72-69-66-63-60-57-54-52-49-47-44-41-38-35-32-29-26-23-20-17-14-11-8-5-2/h9,12,16-21,25-30,34-39,43-47,50,58,61,98-100,104-105H,4-8,10-11,13-15,22-24,31-33,40-42,48-49,51-57,59-60,62-97H2,1-3H3,(H,109,110)(H,111,112)/b12-9-,19-16-,20-17-,21-18-,28-25-,29-26-,30-27-,37-34-,38-35-,39-36-,46-43-,47-44-,50-45-,61-58-. The Kier molecular flexibility index (Phi) is 90.1. The molecule has 18 heteroatoms. The van der Waals surface area contributed by atoms with Gasteiger partial charge in [-0.1, -0.05) is 396 Å². The Labute approximate surface area is 739 Å². The quantitative estimate of drug-likeness (QED) is 0.0146. The van der Waals surface area contributed by atoms with E-state index in [4.69, 9.17) is 32.3 Å². The van der Waals surface area contributed by atoms with Gasteiger partial charge in [0, 0.05) is 19.3 Å². The fourth-order valence-corrected chi connectivity index (χ4v) is 14.7. The number of esters is 3. The fraction of sp³-hybridized carbons (Fsp3) is 0.699. The normalized spacial score (nSPS) is 14.5. The molecule has 0 radical (unpaired) electrons. The monoisotopic (exact) mass is 1730 g/mol. The van der Waals surface area contributed by atoms with Crippen LogP contribution in [0.5, 0.6) is 0 Å². The van der Waals surface area contributed by atoms with Gasteiger partial charge in [-0.05, 0) is 161 Å². The maximum atomic E-state index is 13.1. The average molecular weight is 1730 g/mol. The van der Waals surface area contributed by atoms with E-state index in [0.29, 0.717) is 19.3 Å². The van der Waals surface area contributed by atoms with Crippen LogP contribution in [-0.2, 0) is 55.8 Å². The number of aliphatic hydroxyl groups is 2. The van der Waals surface area contributed by atoms with Crippen molar-refractivity contribution in [2.24, 2.45) is 0 Å². The number of rotatable bonds is 91. The first-order valence-corrected chi connectivity index (χ1v) is 51.4. The van der Waals surface area contributed by atoms with Gasteiger partial charge in [0.15, 0.2) is 6.10 Å². The molecule has 0 saturated carbocycles. The molecule has 0 aliphatic heterocycles. The van der Waals surface area contributed by atoms with E-state index in [-0.39, 0.29) is 19.3 Å². The van der Waals surface area contributed by atoms with Crippen LogP contribution in [0.3, 0.4) is 0 Å². The Morgan fingerprint density at radius 2 is 0.438 bits per heavy atom. The molecule has 0 aromatic rings. The predicted octanol–water partition coefficient (Wildman–Crippen LogP) is 30.2. The number of ether oxygens (including phenoxy) is 3. The van der Waals surface area contributed by atoms with Gasteiger partial charge in [-0.15, -0.1) is 0 Å². The summed E-state index contributed by atoms with van der Waals surface area (Å²) in [5.74, 6) is -1.58. The van der Waals surface area contributed by atoms with Crippen LogP contribution < -0.4 is 0 Å². The molecule has 694 valence electrons. The third kappa shape index (κ3) is 95.4. The van der Waals surface area contributed by atoms with Crippen LogP contribution >= 0.6 is 15.6 Å². The van der Waals surface area contributed by atoms with Gasteiger partial charge < -0.3 is 34.2 Å². The second-order valence-electron chi connectivity index (χ2n) is 32.1. The van der Waals surface area contributed by atoms with Crippen molar-refractivity contribution in [2.75, 3.05) is 39.6 Å². The van der Waals surface area contributed by atoms with Gasteiger partial charge in [-0.25, -0.2) is 9.13 Å². The zero-order chi connectivity index (χ0) is 87.9. The van der Waals surface area contributed by atoms with Crippen LogP contribution in [0.4, 0.5) is 0 Å². The molecule has 0 rings (SSSR count). The fourth-order valence-electron chi connectivity index (χ4n) is 13.1. The Balaban J connectivity index is 4.67. The van der Waals surface area contributed by atoms with Crippen molar-refractivity contribution >= 4 is 33.6 Å². The van der Waals surface area contributed by atoms with Crippen LogP contribution in [0.15, 0.2) is 170 Å². The molecule has 4 N–H and O–H groups in total. The number of allylic oxidation sites excluding steroid dienone is 28. The second kappa shape index (κ2) is 94.1. The summed E-state index contributed by atoms with van der Waals surface area (Å²) in [5.41, 5.74) is 0. The van der Waals surface area contributed by atoms with Crippen molar-refractivity contribution in [2.45, 2.75) is 424 Å². The molecule has 0 heterocycles. The smallest absolute Gasteiger partial charge is 0.463 e. The third-order valence-corrected chi connectivity index (χ3v) is 22.3. The molecule has 0 bridgehead atoms. The molecule has 0 aromatic carbocycles. The maximum absolute atomic E-state index is 13.1. The molecule has 0 saturated heterocycles. The van der Waals surface area contributed by atoms with E-state index in [1.54, 1.807) is 0 Å². The second-order valence-corrected chi connectivity index (χ2v) is 35.0. The van der Waals surface area contributed by atoms with Crippen molar-refractivity contribution in [1.82, 2.24) is 0 Å². The van der Waals surface area contributed by atoms with E-state index in [0.717, 1.165) is 180 Å². The zero-order valence-corrected chi connectivity index (χ0v) is 78.4. The predicted molar refractivity (Wildman–Crippen MR) is 509 cm³/mol. The van der Waals surface area contributed by atoms with Crippen molar-refractivity contribution in [1.29, 1.82) is 0 Å². The van der Waals surface area contributed by atoms with E-state index in [1.807, 2.05) is 0 Å². The van der Waals surface area contributed by atoms with Crippen LogP contribution in [0, 0.1) is 0 Å². The Morgan fingerprint density at radius 3 is 0.694 bits per heavy atom. The number of hydrogen-bond acceptors (Lipinski definition) is 14. The van der Waals surface area contributed by atoms with Gasteiger partial charge >= 0.3 is 33.6 Å². The number of carbonyl (C=O) groups is 3. The Hall–Kier alpha value is -5.09. The number of aliphatic hydroxyl groups excluding tert-OH is 2. The van der Waals surface area contributed by atoms with Crippen LogP contribution in [0.2, 0.25) is 0 Å². The lowest BCUT2D eigenvalue weighted by Crippen LogP contribution is -2.30. The first kappa shape index (κ1) is 116. The number of phosphoric acid groups is 2. The first-order valence-electron chi connectivity index (χ1n) is 48.4. The lowest BCUT2D eigenvalue weighted by atomic mass is 10.0. The van der Waals surface area contributed by atoms with Crippen molar-refractivity contribution in [3.05, 3.63) is 170 Å². The van der Waals surface area contributed by atoms with Gasteiger partial charge in [-0.3, -0.25) is 32.5 Å². The Bertz CT molecular complexity index is 2880. The molecular formula is C103H176O16P2. The van der Waals surface area contributed by atoms with Crippen molar-refractivity contribution in [3.63, 3.8) is 0 Å². The van der Waals surface area contributed by atoms with E-state index in [9.17, 15) is 43.5 Å². The minimum atomic E-state index is -4.95. The molecular weight excluding hydrogens is 1560 g/mol. The Morgan fingerprint density at radius 1 is 0.240 bits per heavy atom. The van der Waals surface area contributed by atoms with Gasteiger partial charge in [0.2, 0.25) is 0 Å². The minimum Gasteiger partial charge on any atom is -0.463 e. The summed E-state index contributed by atoms with van der Waals surface area (Å²) in [4.78, 5) is 59.1. The summed E-state index contributed by atoms with van der Waals surface area (Å²) in [5, 5.41) is 20.8. The number of hydrogen-bond donors (Lipinski definition) is 4. The molecule has 0 fully saturated rings. The summed E-state index contributed by atoms with van der Waals surface area (Å²) < 4.78 is 61.6. The van der Waals surface area contributed by atoms with Crippen LogP contribution in [0.25, 0.3) is 0 Å². The van der Waals surface area contributed by atoms with Crippen molar-refractivity contribution in [3.8, 4) is 0 Å². The highest BCUT2D eigenvalue weighted by atomic mass is 31.2. The topological polar surface area (TPSA) is 231 Å². The highest BCUT2D eigenvalue weighted by Gasteiger charge is 2.30. The van der Waals surface area contributed by atoms with Crippen LogP contribution in [0.1, 0.15) is 406 Å². The third-order valence-electron chi connectivity index (χ3n) is 20.4. The molecule has 5 unspecified atom stereocenters. The molecule has 0 aliphatic rings. The zero-order valence-electron chi connectivity index (χ0n) is 76.6. The maximum Gasteiger partial charge on any atom is 0.472 e. The molecule has 0 aliphatic carbocycles. The molecule has 16 nitrogen and oxygen atoms in total. The lowest BCUT2D eigenvalue weighted by Gasteiger charge is -2.21. The number of carbonyl (C=O) groups excluding carboxylic acids is 3. The molecule has 0 amide bonds. The minimum absolute atomic E-state index is 0.0895. The summed E-state index contributed by atoms with van der Waals surface area (Å²) in [6, 6.07) is 0. The average Bonchev–Trinajstić information content (AvgIpc) is 0.930. The summed E-state index contributed by atoms with van der Waals surface area (Å²) in [7, 11) is -9.82. The number of phosphoric ester groups is 2. The highest BCUT2D eigenvalue weighted by molar-refractivity contribution is 7.47. The van der Waals surface area contributed by atoms with Crippen molar-refractivity contribution < 1.29 is 75.8 Å². The largest absolute Gasteiger partial charge is 0.472 e. The number of unbranched alkanes of at least 4 members (excludes halogenated alkanes) is 40. The molecule has 0 aromatic heterocycles. The van der Waals surface area contributed by atoms with E-state index < -0.39 is 91.5 Å².